The van der Waals surface area contributed by atoms with Gasteiger partial charge in [-0.25, -0.2) is 4.98 Å². The molecule has 0 unspecified atom stereocenters. The van der Waals surface area contributed by atoms with Gasteiger partial charge in [-0.15, -0.1) is 0 Å². The number of amides is 2. The third-order valence-electron chi connectivity index (χ3n) is 2.72. The van der Waals surface area contributed by atoms with E-state index >= 15 is 0 Å². The van der Waals surface area contributed by atoms with Crippen LogP contribution in [0.1, 0.15) is 22.8 Å². The highest BCUT2D eigenvalue weighted by atomic mass is 19.1. The van der Waals surface area contributed by atoms with E-state index in [1.807, 2.05) is 0 Å². The Morgan fingerprint density at radius 3 is 2.43 bits per heavy atom. The van der Waals surface area contributed by atoms with Crippen molar-refractivity contribution in [1.29, 1.82) is 0 Å². The molecule has 6 heteroatoms. The van der Waals surface area contributed by atoms with Gasteiger partial charge in [-0.05, 0) is 29.8 Å². The Labute approximate surface area is 121 Å². The molecule has 1 aromatic heterocycles. The Bertz CT molecular complexity index is 639. The lowest BCUT2D eigenvalue weighted by Gasteiger charge is -2.07. The molecule has 0 saturated heterocycles. The molecule has 2 N–H and O–H groups in total. The molecule has 0 radical (unpaired) electrons. The highest BCUT2D eigenvalue weighted by molar-refractivity contribution is 5.93. The lowest BCUT2D eigenvalue weighted by Crippen LogP contribution is -2.22. The average Bonchev–Trinajstić information content (AvgIpc) is 2.46. The van der Waals surface area contributed by atoms with Crippen LogP contribution in [0.3, 0.4) is 0 Å². The molecule has 0 bridgehead atoms. The van der Waals surface area contributed by atoms with Crippen molar-refractivity contribution < 1.29 is 14.0 Å². The predicted octanol–water partition coefficient (Wildman–Crippen LogP) is 2.11. The molecule has 0 saturated carbocycles. The third kappa shape index (κ3) is 4.38. The summed E-state index contributed by atoms with van der Waals surface area (Å²) in [6.45, 7) is 1.77. The van der Waals surface area contributed by atoms with E-state index in [-0.39, 0.29) is 11.8 Å². The summed E-state index contributed by atoms with van der Waals surface area (Å²) in [6.07, 6.45) is 1.19. The molecule has 5 nitrogen and oxygen atoms in total. The number of rotatable bonds is 4. The first-order chi connectivity index (χ1) is 10.0. The zero-order valence-electron chi connectivity index (χ0n) is 11.4. The summed E-state index contributed by atoms with van der Waals surface area (Å²) in [6, 6.07) is 9.61. The van der Waals surface area contributed by atoms with E-state index in [0.29, 0.717) is 17.8 Å². The molecule has 0 aliphatic heterocycles. The van der Waals surface area contributed by atoms with Crippen molar-refractivity contribution in [2.24, 2.45) is 0 Å². The predicted molar refractivity (Wildman–Crippen MR) is 76.1 cm³/mol. The van der Waals surface area contributed by atoms with Crippen LogP contribution in [0.4, 0.5) is 10.1 Å². The molecule has 1 heterocycles. The third-order valence-corrected chi connectivity index (χ3v) is 2.72. The highest BCUT2D eigenvalue weighted by Gasteiger charge is 2.06. The molecule has 21 heavy (non-hydrogen) atoms. The molecule has 108 valence electrons. The summed E-state index contributed by atoms with van der Waals surface area (Å²) in [4.78, 5) is 26.1. The van der Waals surface area contributed by atoms with E-state index in [4.69, 9.17) is 0 Å². The summed E-state index contributed by atoms with van der Waals surface area (Å²) in [5.74, 6) is -1.09. The largest absolute Gasteiger partial charge is 0.348 e. The Kier molecular flexibility index (Phi) is 4.61. The van der Waals surface area contributed by atoms with Crippen LogP contribution in [-0.4, -0.2) is 16.8 Å². The van der Waals surface area contributed by atoms with Crippen LogP contribution >= 0.6 is 0 Å². The first-order valence-corrected chi connectivity index (χ1v) is 6.31. The van der Waals surface area contributed by atoms with Gasteiger partial charge in [0.05, 0.1) is 5.56 Å². The number of anilines is 1. The molecule has 1 aromatic carbocycles. The lowest BCUT2D eigenvalue weighted by molar-refractivity contribution is -0.114. The van der Waals surface area contributed by atoms with Gasteiger partial charge in [-0.2, -0.15) is 4.39 Å². The van der Waals surface area contributed by atoms with Gasteiger partial charge in [0, 0.05) is 25.4 Å². The number of aromatic nitrogens is 1. The van der Waals surface area contributed by atoms with Gasteiger partial charge in [0.1, 0.15) is 0 Å². The Morgan fingerprint density at radius 2 is 1.86 bits per heavy atom. The Balaban J connectivity index is 1.92. The standard InChI is InChI=1S/C15H14FN3O2/c1-10(20)19-13-5-2-11(3-6-13)8-18-15(21)12-4-7-14(16)17-9-12/h2-7,9H,8H2,1H3,(H,18,21)(H,19,20). The molecule has 2 aromatic rings. The van der Waals surface area contributed by atoms with Crippen LogP contribution in [0.2, 0.25) is 0 Å². The van der Waals surface area contributed by atoms with E-state index in [0.717, 1.165) is 11.6 Å². The Hall–Kier alpha value is -2.76. The second-order valence-electron chi connectivity index (χ2n) is 4.43. The number of carbonyl (C=O) groups is 2. The fourth-order valence-corrected chi connectivity index (χ4v) is 1.70. The van der Waals surface area contributed by atoms with E-state index in [2.05, 4.69) is 15.6 Å². The molecule has 0 aliphatic rings. The van der Waals surface area contributed by atoms with Gasteiger partial charge < -0.3 is 10.6 Å². The number of carbonyl (C=O) groups excluding carboxylic acids is 2. The summed E-state index contributed by atoms with van der Waals surface area (Å²) in [7, 11) is 0. The lowest BCUT2D eigenvalue weighted by atomic mass is 10.2. The number of pyridine rings is 1. The van der Waals surface area contributed by atoms with Gasteiger partial charge >= 0.3 is 0 Å². The maximum atomic E-state index is 12.7. The van der Waals surface area contributed by atoms with Crippen LogP contribution in [0.25, 0.3) is 0 Å². The van der Waals surface area contributed by atoms with Crippen molar-refractivity contribution in [2.45, 2.75) is 13.5 Å². The van der Waals surface area contributed by atoms with E-state index in [9.17, 15) is 14.0 Å². The molecule has 0 spiro atoms. The van der Waals surface area contributed by atoms with Crippen LogP contribution < -0.4 is 10.6 Å². The van der Waals surface area contributed by atoms with Crippen molar-refractivity contribution in [3.05, 3.63) is 59.7 Å². The molecular weight excluding hydrogens is 273 g/mol. The van der Waals surface area contributed by atoms with Gasteiger partial charge in [0.2, 0.25) is 11.9 Å². The summed E-state index contributed by atoms with van der Waals surface area (Å²) >= 11 is 0. The number of hydrogen-bond donors (Lipinski definition) is 2. The summed E-state index contributed by atoms with van der Waals surface area (Å²) in [5.41, 5.74) is 1.87. The number of nitrogens with zero attached hydrogens (tertiary/aromatic N) is 1. The minimum atomic E-state index is -0.625. The monoisotopic (exact) mass is 287 g/mol. The molecule has 2 rings (SSSR count). The fraction of sp³-hybridized carbons (Fsp3) is 0.133. The normalized spacial score (nSPS) is 10.0. The number of halogens is 1. The fourth-order valence-electron chi connectivity index (χ4n) is 1.70. The molecule has 0 aliphatic carbocycles. The topological polar surface area (TPSA) is 71.1 Å². The van der Waals surface area contributed by atoms with E-state index in [1.54, 1.807) is 24.3 Å². The van der Waals surface area contributed by atoms with Crippen molar-refractivity contribution in [3.63, 3.8) is 0 Å². The van der Waals surface area contributed by atoms with Crippen molar-refractivity contribution in [1.82, 2.24) is 10.3 Å². The quantitative estimate of drug-likeness (QED) is 0.846. The van der Waals surface area contributed by atoms with Crippen LogP contribution in [0.5, 0.6) is 0 Å². The second kappa shape index (κ2) is 6.60. The number of hydrogen-bond acceptors (Lipinski definition) is 3. The van der Waals surface area contributed by atoms with Gasteiger partial charge in [-0.1, -0.05) is 12.1 Å². The molecule has 2 amide bonds. The number of nitrogens with one attached hydrogen (secondary N) is 2. The first-order valence-electron chi connectivity index (χ1n) is 6.31. The average molecular weight is 287 g/mol. The summed E-state index contributed by atoms with van der Waals surface area (Å²) < 4.78 is 12.7. The van der Waals surface area contributed by atoms with E-state index in [1.165, 1.54) is 19.2 Å². The zero-order chi connectivity index (χ0) is 15.2. The van der Waals surface area contributed by atoms with Gasteiger partial charge in [0.15, 0.2) is 0 Å². The van der Waals surface area contributed by atoms with Gasteiger partial charge in [-0.3, -0.25) is 9.59 Å². The minimum Gasteiger partial charge on any atom is -0.348 e. The maximum absolute atomic E-state index is 12.7. The number of benzene rings is 1. The maximum Gasteiger partial charge on any atom is 0.253 e. The first kappa shape index (κ1) is 14.6. The van der Waals surface area contributed by atoms with Crippen LogP contribution in [0.15, 0.2) is 42.6 Å². The van der Waals surface area contributed by atoms with E-state index < -0.39 is 5.95 Å². The SMILES string of the molecule is CC(=O)Nc1ccc(CNC(=O)c2ccc(F)nc2)cc1. The zero-order valence-corrected chi connectivity index (χ0v) is 11.4. The smallest absolute Gasteiger partial charge is 0.253 e. The van der Waals surface area contributed by atoms with Crippen LogP contribution in [-0.2, 0) is 11.3 Å². The molecular formula is C15H14FN3O2. The Morgan fingerprint density at radius 1 is 1.14 bits per heavy atom. The van der Waals surface area contributed by atoms with Crippen molar-refractivity contribution >= 4 is 17.5 Å². The second-order valence-corrected chi connectivity index (χ2v) is 4.43. The van der Waals surface area contributed by atoms with Crippen molar-refractivity contribution in [2.75, 3.05) is 5.32 Å². The summed E-state index contributed by atoms with van der Waals surface area (Å²) in [5, 5.41) is 5.36. The minimum absolute atomic E-state index is 0.139. The molecule has 0 atom stereocenters. The molecule has 0 fully saturated rings. The van der Waals surface area contributed by atoms with Crippen molar-refractivity contribution in [3.8, 4) is 0 Å². The highest BCUT2D eigenvalue weighted by Crippen LogP contribution is 2.09. The van der Waals surface area contributed by atoms with Crippen LogP contribution in [0, 0.1) is 5.95 Å². The van der Waals surface area contributed by atoms with Gasteiger partial charge in [0.25, 0.3) is 5.91 Å².